The minimum absolute atomic E-state index is 0.0166. The molecule has 4 N–H and O–H groups in total. The number of rotatable bonds is 21. The van der Waals surface area contributed by atoms with E-state index in [2.05, 4.69) is 86.4 Å². The van der Waals surface area contributed by atoms with Gasteiger partial charge in [0, 0.05) is 102 Å². The Hall–Kier alpha value is -7.74. The van der Waals surface area contributed by atoms with Crippen molar-refractivity contribution in [3.8, 4) is 44.5 Å². The van der Waals surface area contributed by atoms with Crippen molar-refractivity contribution in [1.82, 2.24) is 50.0 Å². The van der Waals surface area contributed by atoms with E-state index in [4.69, 9.17) is 24.5 Å². The number of carbonyl (C=O) groups excluding carboxylic acids is 2. The van der Waals surface area contributed by atoms with Crippen LogP contribution in [0, 0.1) is 25.6 Å². The first kappa shape index (κ1) is 55.8. The predicted molar refractivity (Wildman–Crippen MR) is 324 cm³/mol. The van der Waals surface area contributed by atoms with Crippen LogP contribution in [0.5, 0.6) is 11.8 Å². The number of piperazine rings is 1. The minimum atomic E-state index is -0.773. The van der Waals surface area contributed by atoms with Gasteiger partial charge in [-0.15, -0.1) is 11.3 Å². The first-order chi connectivity index (χ1) is 40.1. The van der Waals surface area contributed by atoms with E-state index < -0.39 is 12.1 Å². The number of ether oxygens (including phenoxy) is 2. The average molecular weight is 1140 g/mol. The molecular weight excluding hydrogens is 1070 g/mol. The number of nitrogens with one attached hydrogen (secondary N) is 3. The third-order valence-corrected chi connectivity index (χ3v) is 18.3. The van der Waals surface area contributed by atoms with Gasteiger partial charge in [0.25, 0.3) is 0 Å². The number of likely N-dealkylation sites (tertiary alicyclic amines) is 2. The van der Waals surface area contributed by atoms with Gasteiger partial charge in [-0.3, -0.25) is 24.3 Å². The molecule has 8 aromatic rings. The largest absolute Gasteiger partial charge is 0.486 e. The van der Waals surface area contributed by atoms with Gasteiger partial charge in [0.2, 0.25) is 5.91 Å². The van der Waals surface area contributed by atoms with E-state index in [1.807, 2.05) is 62.6 Å². The number of nitrogens with zero attached hydrogens (tertiary/aromatic N) is 9. The van der Waals surface area contributed by atoms with Crippen LogP contribution in [-0.4, -0.2) is 126 Å². The van der Waals surface area contributed by atoms with Crippen LogP contribution in [0.4, 0.5) is 15.9 Å². The summed E-state index contributed by atoms with van der Waals surface area (Å²) < 4.78 is 31.3. The summed E-state index contributed by atoms with van der Waals surface area (Å²) in [4.78, 5) is 50.6. The minimum Gasteiger partial charge on any atom is -0.486 e. The van der Waals surface area contributed by atoms with Crippen molar-refractivity contribution in [2.45, 2.75) is 136 Å². The number of halogens is 1. The van der Waals surface area contributed by atoms with Crippen LogP contribution in [-0.2, 0) is 17.9 Å². The number of aldehydes is 1. The molecule has 4 aliphatic rings. The Bertz CT molecular complexity index is 3770. The number of carbonyl (C=O) groups is 2. The van der Waals surface area contributed by atoms with Gasteiger partial charge in [0.1, 0.15) is 42.1 Å². The number of aromatic amines is 1. The van der Waals surface area contributed by atoms with Gasteiger partial charge in [-0.25, -0.2) is 9.37 Å². The standard InChI is InChI=1S/C64H73FN12O5S/c1-34(2)59(63(80)74-20-10-11-55(74)38(7)67-25-40-12-15-43(16-13-40)61-39(8)68-33-83-61)77-29-50(54(30-78)73-77)46-19-14-41(21-52(46)66-9)32-81-60-57(56-37(6)51(65)24-53-49(56)26-69-72-53)47(42-17-18-42)23-48-58(60)70-64(82-31-36(5)79)71-62(48)76-28-44-22-45(76)27-75(44)35(3)4/h12-16,19,21,23-24,26,29-30,33-36,42,44-45,55,59,66-67,79H,7,10-11,17-18,20,22,25,27-28,31-32H2,1-6,8-9H3,(H,69,72). The van der Waals surface area contributed by atoms with Crippen LogP contribution in [0.25, 0.3) is 54.5 Å². The molecule has 5 unspecified atom stereocenters. The fourth-order valence-electron chi connectivity index (χ4n) is 13.0. The summed E-state index contributed by atoms with van der Waals surface area (Å²) in [6.45, 7) is 21.3. The number of anilines is 2. The number of aromatic nitrogens is 7. The number of benzene rings is 4. The van der Waals surface area contributed by atoms with E-state index in [1.165, 1.54) is 6.07 Å². The molecule has 0 radical (unpaired) electrons. The highest BCUT2D eigenvalue weighted by Gasteiger charge is 2.46. The molecule has 19 heteroatoms. The van der Waals surface area contributed by atoms with Crippen LogP contribution >= 0.6 is 11.3 Å². The molecule has 3 aliphatic heterocycles. The monoisotopic (exact) mass is 1140 g/mol. The third-order valence-electron chi connectivity index (χ3n) is 17.3. The molecule has 5 atom stereocenters. The molecule has 1 saturated carbocycles. The SMILES string of the molecule is C=C(NCc1ccc(-c2scnc2C)cc1)C1CCCN1C(=O)C(C(C)C)n1cc(-c2ccc(COc3c(-c4c(C)c(F)cc5[nH]ncc45)c(C4CC4)cc4c(N5CC6CC5CN6C(C)C)nc(OCC(C)O)nc34)cc2NC)c(C=O)n1. The zero-order chi connectivity index (χ0) is 58.0. The Morgan fingerprint density at radius 3 is 2.45 bits per heavy atom. The number of aliphatic hydroxyl groups is 1. The van der Waals surface area contributed by atoms with E-state index in [0.29, 0.717) is 64.3 Å². The highest BCUT2D eigenvalue weighted by atomic mass is 32.1. The number of H-pyrrole nitrogens is 1. The Morgan fingerprint density at radius 2 is 1.76 bits per heavy atom. The Balaban J connectivity index is 0.864. The molecule has 83 heavy (non-hydrogen) atoms. The quantitative estimate of drug-likeness (QED) is 0.0497. The average Bonchev–Trinajstić information content (AvgIpc) is 3.19. The molecule has 12 rings (SSSR count). The van der Waals surface area contributed by atoms with Gasteiger partial charge in [-0.1, -0.05) is 56.8 Å². The fourth-order valence-corrected chi connectivity index (χ4v) is 13.8. The summed E-state index contributed by atoms with van der Waals surface area (Å²) in [5.41, 5.74) is 12.9. The molecule has 4 aromatic heterocycles. The zero-order valence-electron chi connectivity index (χ0n) is 48.5. The Kier molecular flexibility index (Phi) is 15.3. The summed E-state index contributed by atoms with van der Waals surface area (Å²) in [5.74, 6) is 0.797. The lowest BCUT2D eigenvalue weighted by Gasteiger charge is -2.37. The Morgan fingerprint density at radius 1 is 0.964 bits per heavy atom. The second kappa shape index (κ2) is 22.8. The number of amides is 1. The first-order valence-corrected chi connectivity index (χ1v) is 30.0. The summed E-state index contributed by atoms with van der Waals surface area (Å²) in [5, 5.41) is 31.1. The summed E-state index contributed by atoms with van der Waals surface area (Å²) >= 11 is 1.63. The molecule has 4 aromatic carbocycles. The summed E-state index contributed by atoms with van der Waals surface area (Å²) in [7, 11) is 1.83. The van der Waals surface area contributed by atoms with Crippen molar-refractivity contribution in [2.24, 2.45) is 5.92 Å². The highest BCUT2D eigenvalue weighted by Crippen LogP contribution is 2.54. The van der Waals surface area contributed by atoms with Crippen LogP contribution < -0.4 is 25.0 Å². The molecule has 3 saturated heterocycles. The van der Waals surface area contributed by atoms with Crippen LogP contribution in [0.3, 0.4) is 0 Å². The Labute approximate surface area is 487 Å². The molecule has 1 amide bonds. The lowest BCUT2D eigenvalue weighted by molar-refractivity contribution is -0.136. The van der Waals surface area contributed by atoms with Gasteiger partial charge in [-0.05, 0) is 125 Å². The van der Waals surface area contributed by atoms with Crippen LogP contribution in [0.15, 0.2) is 84.8 Å². The molecule has 2 bridgehead atoms. The maximum Gasteiger partial charge on any atom is 0.319 e. The maximum absolute atomic E-state index is 16.2. The van der Waals surface area contributed by atoms with Crippen LogP contribution in [0.1, 0.15) is 117 Å². The molecule has 7 heterocycles. The normalized spacial score (nSPS) is 18.7. The van der Waals surface area contributed by atoms with Crippen molar-refractivity contribution in [2.75, 3.05) is 43.5 Å². The number of fused-ring (bicyclic) bond motifs is 4. The van der Waals surface area contributed by atoms with Crippen molar-refractivity contribution in [3.05, 3.63) is 124 Å². The van der Waals surface area contributed by atoms with Gasteiger partial charge in [0.05, 0.1) is 39.9 Å². The maximum atomic E-state index is 16.2. The smallest absolute Gasteiger partial charge is 0.319 e. The molecule has 4 fully saturated rings. The number of hydrogen-bond donors (Lipinski definition) is 4. The molecule has 432 valence electrons. The summed E-state index contributed by atoms with van der Waals surface area (Å²) in [6, 6.07) is 18.3. The van der Waals surface area contributed by atoms with Gasteiger partial charge in [0.15, 0.2) is 12.0 Å². The van der Waals surface area contributed by atoms with E-state index in [9.17, 15) is 14.7 Å². The second-order valence-electron chi connectivity index (χ2n) is 23.7. The van der Waals surface area contributed by atoms with Gasteiger partial charge < -0.3 is 35.0 Å². The molecule has 1 aliphatic carbocycles. The van der Waals surface area contributed by atoms with Crippen molar-refractivity contribution in [3.63, 3.8) is 0 Å². The fraction of sp³-hybridized carbons (Fsp3) is 0.422. The van der Waals surface area contributed by atoms with Gasteiger partial charge in [-0.2, -0.15) is 20.2 Å². The van der Waals surface area contributed by atoms with E-state index in [1.54, 1.807) is 36.1 Å². The lowest BCUT2D eigenvalue weighted by Crippen LogP contribution is -2.49. The molecule has 17 nitrogen and oxygen atoms in total. The predicted octanol–water partition coefficient (Wildman–Crippen LogP) is 11.1. The topological polar surface area (TPSA) is 192 Å². The lowest BCUT2D eigenvalue weighted by atomic mass is 9.88. The van der Waals surface area contributed by atoms with Gasteiger partial charge >= 0.3 is 6.01 Å². The van der Waals surface area contributed by atoms with Crippen molar-refractivity contribution >= 4 is 56.8 Å². The highest BCUT2D eigenvalue weighted by molar-refractivity contribution is 7.13. The first-order valence-electron chi connectivity index (χ1n) is 29.1. The van der Waals surface area contributed by atoms with E-state index >= 15 is 4.39 Å². The van der Waals surface area contributed by atoms with Crippen molar-refractivity contribution < 1.29 is 28.6 Å². The third kappa shape index (κ3) is 10.6. The summed E-state index contributed by atoms with van der Waals surface area (Å²) in [6.07, 6.45) is 8.08. The van der Waals surface area contributed by atoms with E-state index in [0.717, 1.165) is 118 Å². The second-order valence-corrected chi connectivity index (χ2v) is 24.5. The number of thiazole rings is 1. The van der Waals surface area contributed by atoms with E-state index in [-0.39, 0.29) is 60.6 Å². The molecular formula is C64H73FN12O5S. The molecule has 0 spiro atoms. The van der Waals surface area contributed by atoms with Crippen molar-refractivity contribution in [1.29, 1.82) is 0 Å². The zero-order valence-corrected chi connectivity index (χ0v) is 49.3. The van der Waals surface area contributed by atoms with Crippen LogP contribution in [0.2, 0.25) is 0 Å². The number of hydrogen-bond acceptors (Lipinski definition) is 15. The number of aliphatic hydroxyl groups excluding tert-OH is 1. The number of aryl methyl sites for hydroxylation is 1.